The average Bonchev–Trinajstić information content (AvgIpc) is 3.46. The van der Waals surface area contributed by atoms with Gasteiger partial charge in [-0.25, -0.2) is 0 Å². The third-order valence-corrected chi connectivity index (χ3v) is 4.78. The van der Waals surface area contributed by atoms with Crippen molar-refractivity contribution >= 4 is 29.1 Å². The minimum atomic E-state index is -1.03. The smallest absolute Gasteiger partial charge is 0.240 e. The Bertz CT molecular complexity index is 867. The van der Waals surface area contributed by atoms with Gasteiger partial charge in [0.05, 0.1) is 11.3 Å². The molecule has 2 aromatic carbocycles. The lowest BCUT2D eigenvalue weighted by molar-refractivity contribution is -0.134. The highest BCUT2D eigenvalue weighted by Gasteiger charge is 2.56. The van der Waals surface area contributed by atoms with Crippen LogP contribution >= 0.6 is 11.6 Å². The number of amides is 2. The summed E-state index contributed by atoms with van der Waals surface area (Å²) in [4.78, 5) is 25.1. The molecule has 132 valence electrons. The number of nitrogens with one attached hydrogen (secondary N) is 2. The third kappa shape index (κ3) is 3.87. The lowest BCUT2D eigenvalue weighted by Crippen LogP contribution is -2.40. The summed E-state index contributed by atoms with van der Waals surface area (Å²) in [6, 6.07) is 16.2. The normalized spacial score (nSPS) is 14.2. The summed E-state index contributed by atoms with van der Waals surface area (Å²) in [5, 5.41) is 15.4. The van der Waals surface area contributed by atoms with E-state index in [1.165, 1.54) is 0 Å². The van der Waals surface area contributed by atoms with Crippen LogP contribution in [0.1, 0.15) is 24.0 Å². The highest BCUT2D eigenvalue weighted by molar-refractivity contribution is 6.30. The number of nitrogens with zero attached hydrogens (tertiary/aromatic N) is 1. The molecule has 2 aromatic rings. The number of halogens is 1. The van der Waals surface area contributed by atoms with Crippen molar-refractivity contribution in [3.63, 3.8) is 0 Å². The standard InChI is InChI=1S/C20H18ClN3O2/c21-16-7-5-14(6-8-16)9-12-23-18(25)20(10-11-20)19(26)24-17-4-2-1-3-15(17)13-22/h1-8H,9-12H2,(H,23,25)(H,24,26). The van der Waals surface area contributed by atoms with Crippen molar-refractivity contribution in [3.8, 4) is 6.07 Å². The summed E-state index contributed by atoms with van der Waals surface area (Å²) in [5.74, 6) is -0.623. The number of para-hydroxylation sites is 1. The quantitative estimate of drug-likeness (QED) is 0.768. The second-order valence-corrected chi connectivity index (χ2v) is 6.76. The number of benzene rings is 2. The van der Waals surface area contributed by atoms with Gasteiger partial charge in [0, 0.05) is 11.6 Å². The van der Waals surface area contributed by atoms with Crippen LogP contribution in [0.2, 0.25) is 5.02 Å². The first kappa shape index (κ1) is 18.0. The highest BCUT2D eigenvalue weighted by atomic mass is 35.5. The predicted molar refractivity (Wildman–Crippen MR) is 99.6 cm³/mol. The maximum atomic E-state index is 12.6. The van der Waals surface area contributed by atoms with Crippen LogP contribution < -0.4 is 10.6 Å². The number of hydrogen-bond acceptors (Lipinski definition) is 3. The molecule has 0 saturated heterocycles. The SMILES string of the molecule is N#Cc1ccccc1NC(=O)C1(C(=O)NCCc2ccc(Cl)cc2)CC1. The summed E-state index contributed by atoms with van der Waals surface area (Å²) in [7, 11) is 0. The summed E-state index contributed by atoms with van der Waals surface area (Å²) < 4.78 is 0. The molecule has 3 rings (SSSR count). The zero-order valence-electron chi connectivity index (χ0n) is 14.1. The van der Waals surface area contributed by atoms with Crippen molar-refractivity contribution in [2.24, 2.45) is 5.41 Å². The first-order valence-electron chi connectivity index (χ1n) is 8.38. The van der Waals surface area contributed by atoms with Crippen molar-refractivity contribution < 1.29 is 9.59 Å². The maximum absolute atomic E-state index is 12.6. The van der Waals surface area contributed by atoms with E-state index in [9.17, 15) is 9.59 Å². The van der Waals surface area contributed by atoms with Gasteiger partial charge in [0.15, 0.2) is 0 Å². The average molecular weight is 368 g/mol. The molecule has 1 aliphatic rings. The van der Waals surface area contributed by atoms with Crippen LogP contribution in [0.4, 0.5) is 5.69 Å². The molecule has 6 heteroatoms. The molecule has 1 fully saturated rings. The Morgan fingerprint density at radius 2 is 1.77 bits per heavy atom. The van der Waals surface area contributed by atoms with E-state index in [1.807, 2.05) is 18.2 Å². The summed E-state index contributed by atoms with van der Waals surface area (Å²) >= 11 is 5.85. The van der Waals surface area contributed by atoms with E-state index in [1.54, 1.807) is 36.4 Å². The first-order valence-corrected chi connectivity index (χ1v) is 8.76. The van der Waals surface area contributed by atoms with Gasteiger partial charge in [-0.05, 0) is 49.1 Å². The van der Waals surface area contributed by atoms with Crippen LogP contribution in [-0.4, -0.2) is 18.4 Å². The van der Waals surface area contributed by atoms with Crippen molar-refractivity contribution in [1.82, 2.24) is 5.32 Å². The number of anilines is 1. The molecule has 5 nitrogen and oxygen atoms in total. The van der Waals surface area contributed by atoms with Crippen molar-refractivity contribution in [3.05, 3.63) is 64.7 Å². The molecule has 0 heterocycles. The topological polar surface area (TPSA) is 82.0 Å². The zero-order chi connectivity index (χ0) is 18.6. The molecule has 0 radical (unpaired) electrons. The lowest BCUT2D eigenvalue weighted by atomic mass is 10.0. The first-order chi connectivity index (χ1) is 12.5. The Morgan fingerprint density at radius 3 is 2.42 bits per heavy atom. The molecule has 1 saturated carbocycles. The van der Waals surface area contributed by atoms with E-state index in [2.05, 4.69) is 10.6 Å². The van der Waals surface area contributed by atoms with Crippen molar-refractivity contribution in [2.75, 3.05) is 11.9 Å². The summed E-state index contributed by atoms with van der Waals surface area (Å²) in [6.45, 7) is 0.449. The minimum Gasteiger partial charge on any atom is -0.355 e. The van der Waals surface area contributed by atoms with Crippen molar-refractivity contribution in [2.45, 2.75) is 19.3 Å². The van der Waals surface area contributed by atoms with Gasteiger partial charge >= 0.3 is 0 Å². The van der Waals surface area contributed by atoms with Gasteiger partial charge in [-0.15, -0.1) is 0 Å². The van der Waals surface area contributed by atoms with Gasteiger partial charge in [-0.2, -0.15) is 5.26 Å². The summed E-state index contributed by atoms with van der Waals surface area (Å²) in [5.41, 5.74) is 0.842. The van der Waals surface area contributed by atoms with E-state index in [0.29, 0.717) is 42.1 Å². The van der Waals surface area contributed by atoms with Gasteiger partial charge in [0.2, 0.25) is 11.8 Å². The van der Waals surface area contributed by atoms with E-state index in [4.69, 9.17) is 16.9 Å². The summed E-state index contributed by atoms with van der Waals surface area (Å²) in [6.07, 6.45) is 1.69. The number of nitriles is 1. The number of carbonyl (C=O) groups excluding carboxylic acids is 2. The molecule has 0 atom stereocenters. The maximum Gasteiger partial charge on any atom is 0.240 e. The molecule has 26 heavy (non-hydrogen) atoms. The van der Waals surface area contributed by atoms with Gasteiger partial charge < -0.3 is 10.6 Å². The van der Waals surface area contributed by atoms with Crippen LogP contribution in [0.25, 0.3) is 0 Å². The van der Waals surface area contributed by atoms with Gasteiger partial charge in [-0.3, -0.25) is 9.59 Å². The molecule has 0 bridgehead atoms. The van der Waals surface area contributed by atoms with Crippen LogP contribution in [0, 0.1) is 16.7 Å². The predicted octanol–water partition coefficient (Wildman–Crippen LogP) is 3.29. The van der Waals surface area contributed by atoms with Crippen LogP contribution in [0.5, 0.6) is 0 Å². The van der Waals surface area contributed by atoms with Gasteiger partial charge in [-0.1, -0.05) is 35.9 Å². The van der Waals surface area contributed by atoms with Gasteiger partial charge in [0.25, 0.3) is 0 Å². The molecule has 2 amide bonds. The fourth-order valence-electron chi connectivity index (χ4n) is 2.75. The van der Waals surface area contributed by atoms with E-state index in [-0.39, 0.29) is 11.8 Å². The van der Waals surface area contributed by atoms with Crippen molar-refractivity contribution in [1.29, 1.82) is 5.26 Å². The molecular formula is C20H18ClN3O2. The van der Waals surface area contributed by atoms with E-state index >= 15 is 0 Å². The number of rotatable bonds is 6. The highest BCUT2D eigenvalue weighted by Crippen LogP contribution is 2.47. The molecule has 1 aliphatic carbocycles. The second-order valence-electron chi connectivity index (χ2n) is 6.33. The molecule has 0 aromatic heterocycles. The molecule has 0 unspecified atom stereocenters. The fraction of sp³-hybridized carbons (Fsp3) is 0.250. The Hall–Kier alpha value is -2.84. The van der Waals surface area contributed by atoms with E-state index in [0.717, 1.165) is 5.56 Å². The molecule has 0 aliphatic heterocycles. The fourth-order valence-corrected chi connectivity index (χ4v) is 2.88. The zero-order valence-corrected chi connectivity index (χ0v) is 14.8. The second kappa shape index (κ2) is 7.59. The van der Waals surface area contributed by atoms with Crippen LogP contribution in [-0.2, 0) is 16.0 Å². The molecule has 2 N–H and O–H groups in total. The largest absolute Gasteiger partial charge is 0.355 e. The molecular weight excluding hydrogens is 350 g/mol. The Labute approximate surface area is 157 Å². The Kier molecular flexibility index (Phi) is 5.24. The van der Waals surface area contributed by atoms with Gasteiger partial charge in [0.1, 0.15) is 11.5 Å². The monoisotopic (exact) mass is 367 g/mol. The number of hydrogen-bond donors (Lipinski definition) is 2. The number of carbonyl (C=O) groups is 2. The molecule has 0 spiro atoms. The van der Waals surface area contributed by atoms with E-state index < -0.39 is 5.41 Å². The minimum absolute atomic E-state index is 0.265. The third-order valence-electron chi connectivity index (χ3n) is 4.53. The van der Waals surface area contributed by atoms with Crippen LogP contribution in [0.15, 0.2) is 48.5 Å². The lowest BCUT2D eigenvalue weighted by Gasteiger charge is -2.16. The Morgan fingerprint density at radius 1 is 1.08 bits per heavy atom. The van der Waals surface area contributed by atoms with Crippen LogP contribution in [0.3, 0.4) is 0 Å². The Balaban J connectivity index is 1.57.